The summed E-state index contributed by atoms with van der Waals surface area (Å²) in [4.78, 5) is 0. The van der Waals surface area contributed by atoms with Gasteiger partial charge in [0.1, 0.15) is 0 Å². The summed E-state index contributed by atoms with van der Waals surface area (Å²) in [6.45, 7) is 3.94. The Morgan fingerprint density at radius 2 is 1.50 bits per heavy atom. The molecule has 4 heteroatoms. The number of hydrogen-bond donors (Lipinski definition) is 0. The van der Waals surface area contributed by atoms with Crippen molar-refractivity contribution in [3.63, 3.8) is 0 Å². The third-order valence-corrected chi connectivity index (χ3v) is 7.07. The van der Waals surface area contributed by atoms with Crippen LogP contribution in [-0.2, 0) is 0 Å². The highest BCUT2D eigenvalue weighted by molar-refractivity contribution is 5.57. The molecule has 0 aliphatic heterocycles. The van der Waals surface area contributed by atoms with Crippen molar-refractivity contribution < 1.29 is 17.6 Å². The molecule has 2 aliphatic carbocycles. The molecule has 3 rings (SSSR count). The van der Waals surface area contributed by atoms with Crippen LogP contribution < -0.4 is 0 Å². The van der Waals surface area contributed by atoms with E-state index in [0.717, 1.165) is 29.7 Å². The normalized spacial score (nSPS) is 24.9. The van der Waals surface area contributed by atoms with Crippen molar-refractivity contribution in [3.05, 3.63) is 64.8 Å². The molecule has 1 saturated carbocycles. The fourth-order valence-corrected chi connectivity index (χ4v) is 4.99. The molecular weight excluding hydrogens is 412 g/mol. The smallest absolute Gasteiger partial charge is 0.194 e. The van der Waals surface area contributed by atoms with Crippen molar-refractivity contribution >= 4 is 6.08 Å². The standard InChI is InChI=1S/C28H36F4/c1-3-5-6-8-21-9-14-23(15-10-21)24-16-11-22(12-17-24)13-18-26-20-19-25(7-4-2)27(29,30)28(26,31)32/h11-13,16-21,23H,3-10,14-15H2,1-2H3/b18-13+. The van der Waals surface area contributed by atoms with Crippen LogP contribution in [0.2, 0.25) is 0 Å². The van der Waals surface area contributed by atoms with E-state index in [1.54, 1.807) is 6.92 Å². The first kappa shape index (κ1) is 24.8. The Hall–Kier alpha value is -1.84. The topological polar surface area (TPSA) is 0 Å². The maximum Gasteiger partial charge on any atom is 0.339 e. The summed E-state index contributed by atoms with van der Waals surface area (Å²) < 4.78 is 57.5. The first-order valence-corrected chi connectivity index (χ1v) is 12.2. The van der Waals surface area contributed by atoms with Gasteiger partial charge in [-0.25, -0.2) is 0 Å². The largest absolute Gasteiger partial charge is 0.339 e. The van der Waals surface area contributed by atoms with E-state index in [9.17, 15) is 17.6 Å². The molecule has 0 spiro atoms. The zero-order valence-electron chi connectivity index (χ0n) is 19.4. The minimum absolute atomic E-state index is 0.0296. The van der Waals surface area contributed by atoms with Crippen LogP contribution in [0.4, 0.5) is 17.6 Å². The lowest BCUT2D eigenvalue weighted by atomic mass is 9.77. The number of alkyl halides is 4. The fourth-order valence-electron chi connectivity index (χ4n) is 4.99. The van der Waals surface area contributed by atoms with Crippen molar-refractivity contribution in [2.75, 3.05) is 0 Å². The van der Waals surface area contributed by atoms with Gasteiger partial charge in [-0.05, 0) is 55.1 Å². The summed E-state index contributed by atoms with van der Waals surface area (Å²) in [6, 6.07) is 7.92. The average Bonchev–Trinajstić information content (AvgIpc) is 2.78. The molecule has 32 heavy (non-hydrogen) atoms. The lowest BCUT2D eigenvalue weighted by Gasteiger charge is -2.32. The Labute approximate surface area is 190 Å². The van der Waals surface area contributed by atoms with Crippen LogP contribution in [0.1, 0.15) is 95.1 Å². The van der Waals surface area contributed by atoms with Crippen LogP contribution in [-0.4, -0.2) is 11.8 Å². The van der Waals surface area contributed by atoms with Gasteiger partial charge in [-0.1, -0.05) is 94.5 Å². The molecule has 1 aromatic carbocycles. The molecule has 0 aromatic heterocycles. The highest BCUT2D eigenvalue weighted by Gasteiger charge is 2.60. The molecule has 1 fully saturated rings. The molecule has 0 amide bonds. The Morgan fingerprint density at radius 3 is 2.12 bits per heavy atom. The zero-order valence-corrected chi connectivity index (χ0v) is 19.4. The van der Waals surface area contributed by atoms with Gasteiger partial charge in [-0.2, -0.15) is 17.6 Å². The van der Waals surface area contributed by atoms with E-state index in [1.807, 2.05) is 12.1 Å². The molecule has 0 atom stereocenters. The Bertz CT molecular complexity index is 821. The lowest BCUT2D eigenvalue weighted by molar-refractivity contribution is -0.162. The maximum atomic E-state index is 14.4. The van der Waals surface area contributed by atoms with E-state index in [2.05, 4.69) is 19.1 Å². The highest BCUT2D eigenvalue weighted by atomic mass is 19.3. The summed E-state index contributed by atoms with van der Waals surface area (Å²) in [6.07, 6.45) is 15.5. The van der Waals surface area contributed by atoms with Gasteiger partial charge < -0.3 is 0 Å². The molecule has 0 heterocycles. The third-order valence-electron chi connectivity index (χ3n) is 7.07. The predicted molar refractivity (Wildman–Crippen MR) is 125 cm³/mol. The second kappa shape index (κ2) is 10.9. The van der Waals surface area contributed by atoms with Gasteiger partial charge in [0.15, 0.2) is 0 Å². The second-order valence-corrected chi connectivity index (χ2v) is 9.43. The van der Waals surface area contributed by atoms with Crippen molar-refractivity contribution in [2.24, 2.45) is 5.92 Å². The minimum atomic E-state index is -4.20. The first-order valence-electron chi connectivity index (χ1n) is 12.2. The van der Waals surface area contributed by atoms with Crippen molar-refractivity contribution in [1.82, 2.24) is 0 Å². The van der Waals surface area contributed by atoms with Crippen LogP contribution >= 0.6 is 0 Å². The third kappa shape index (κ3) is 5.55. The maximum absolute atomic E-state index is 14.4. The van der Waals surface area contributed by atoms with E-state index in [-0.39, 0.29) is 6.42 Å². The van der Waals surface area contributed by atoms with E-state index >= 15 is 0 Å². The number of allylic oxidation sites excluding steroid dienone is 5. The highest BCUT2D eigenvalue weighted by Crippen LogP contribution is 2.49. The molecule has 0 saturated heterocycles. The Balaban J connectivity index is 1.61. The average molecular weight is 449 g/mol. The van der Waals surface area contributed by atoms with E-state index in [4.69, 9.17) is 0 Å². The molecule has 0 nitrogen and oxygen atoms in total. The number of rotatable bonds is 9. The van der Waals surface area contributed by atoms with Gasteiger partial charge in [0, 0.05) is 11.1 Å². The molecule has 176 valence electrons. The number of halogens is 4. The first-order chi connectivity index (χ1) is 15.3. The SMILES string of the molecule is CCCCCC1CCC(c2ccc(/C=C/C3=CC=C(CCC)C(F)(F)C3(F)F)cc2)CC1. The summed E-state index contributed by atoms with van der Waals surface area (Å²) in [5.41, 5.74) is 0.889. The molecule has 0 unspecified atom stereocenters. The van der Waals surface area contributed by atoms with Crippen LogP contribution in [0.15, 0.2) is 53.6 Å². The van der Waals surface area contributed by atoms with Crippen molar-refractivity contribution in [1.29, 1.82) is 0 Å². The van der Waals surface area contributed by atoms with Crippen molar-refractivity contribution in [3.8, 4) is 0 Å². The van der Waals surface area contributed by atoms with E-state index in [0.29, 0.717) is 12.3 Å². The van der Waals surface area contributed by atoms with E-state index in [1.165, 1.54) is 63.0 Å². The minimum Gasteiger partial charge on any atom is -0.194 e. The van der Waals surface area contributed by atoms with Crippen LogP contribution in [0.25, 0.3) is 6.08 Å². The fraction of sp³-hybridized carbons (Fsp3) is 0.571. The number of benzene rings is 1. The predicted octanol–water partition coefficient (Wildman–Crippen LogP) is 9.49. The van der Waals surface area contributed by atoms with Crippen molar-refractivity contribution in [2.45, 2.75) is 95.8 Å². The molecular formula is C28H36F4. The summed E-state index contributed by atoms with van der Waals surface area (Å²) in [5, 5.41) is 0. The molecule has 0 bridgehead atoms. The van der Waals surface area contributed by atoms with Gasteiger partial charge in [-0.15, -0.1) is 0 Å². The van der Waals surface area contributed by atoms with E-state index < -0.39 is 23.0 Å². The van der Waals surface area contributed by atoms with Gasteiger partial charge in [0.05, 0.1) is 0 Å². The molecule has 0 radical (unpaired) electrons. The Morgan fingerprint density at radius 1 is 0.812 bits per heavy atom. The summed E-state index contributed by atoms with van der Waals surface area (Å²) in [5.74, 6) is -6.92. The summed E-state index contributed by atoms with van der Waals surface area (Å²) in [7, 11) is 0. The monoisotopic (exact) mass is 448 g/mol. The van der Waals surface area contributed by atoms with Crippen LogP contribution in [0, 0.1) is 5.92 Å². The summed E-state index contributed by atoms with van der Waals surface area (Å²) >= 11 is 0. The number of unbranched alkanes of at least 4 members (excludes halogenated alkanes) is 2. The van der Waals surface area contributed by atoms with Gasteiger partial charge >= 0.3 is 11.8 Å². The molecule has 2 aliphatic rings. The molecule has 1 aromatic rings. The van der Waals surface area contributed by atoms with Gasteiger partial charge in [-0.3, -0.25) is 0 Å². The van der Waals surface area contributed by atoms with Gasteiger partial charge in [0.2, 0.25) is 0 Å². The second-order valence-electron chi connectivity index (χ2n) is 9.43. The quantitative estimate of drug-likeness (QED) is 0.261. The van der Waals surface area contributed by atoms with Crippen LogP contribution in [0.5, 0.6) is 0 Å². The van der Waals surface area contributed by atoms with Gasteiger partial charge in [0.25, 0.3) is 0 Å². The Kier molecular flexibility index (Phi) is 8.41. The zero-order chi connectivity index (χ0) is 23.2. The van der Waals surface area contributed by atoms with Crippen LogP contribution in [0.3, 0.4) is 0 Å². The molecule has 0 N–H and O–H groups in total. The number of hydrogen-bond acceptors (Lipinski definition) is 0. The lowest BCUT2D eigenvalue weighted by Crippen LogP contribution is -2.44.